The summed E-state index contributed by atoms with van der Waals surface area (Å²) in [4.78, 5) is 0. The van der Waals surface area contributed by atoms with Crippen molar-refractivity contribution in [1.29, 1.82) is 0 Å². The molecule has 0 heterocycles. The van der Waals surface area contributed by atoms with Gasteiger partial charge in [0.25, 0.3) is 0 Å². The van der Waals surface area contributed by atoms with Gasteiger partial charge in [0, 0.05) is 29.1 Å². The molecule has 26 heavy (non-hydrogen) atoms. The highest BCUT2D eigenvalue weighted by atomic mass is 32.2. The Morgan fingerprint density at radius 2 is 1.92 bits per heavy atom. The Morgan fingerprint density at radius 3 is 2.62 bits per heavy atom. The van der Waals surface area contributed by atoms with Crippen LogP contribution in [0.5, 0.6) is 11.5 Å². The number of halogens is 2. The van der Waals surface area contributed by atoms with E-state index in [1.165, 1.54) is 12.1 Å². The van der Waals surface area contributed by atoms with Gasteiger partial charge in [-0.15, -0.1) is 0 Å². The van der Waals surface area contributed by atoms with E-state index in [-0.39, 0.29) is 11.8 Å². The summed E-state index contributed by atoms with van der Waals surface area (Å²) in [5, 5.41) is 3.17. The maximum absolute atomic E-state index is 14.0. The molecule has 1 atom stereocenters. The molecule has 0 bridgehead atoms. The van der Waals surface area contributed by atoms with Crippen molar-refractivity contribution in [2.75, 3.05) is 17.5 Å². The largest absolute Gasteiger partial charge is 0.454 e. The molecule has 0 spiro atoms. The Bertz CT molecular complexity index is 852. The molecule has 0 fully saturated rings. The fourth-order valence-corrected chi connectivity index (χ4v) is 3.05. The zero-order chi connectivity index (χ0) is 18.5. The van der Waals surface area contributed by atoms with Gasteiger partial charge < -0.3 is 14.8 Å². The first kappa shape index (κ1) is 18.5. The van der Waals surface area contributed by atoms with Crippen LogP contribution in [0.25, 0.3) is 5.57 Å². The molecule has 6 heteroatoms. The fraction of sp³-hybridized carbons (Fsp3) is 0.200. The normalized spacial score (nSPS) is 15.8. The van der Waals surface area contributed by atoms with Crippen molar-refractivity contribution in [3.05, 3.63) is 71.8 Å². The molecule has 0 saturated carbocycles. The summed E-state index contributed by atoms with van der Waals surface area (Å²) in [5.41, 5.74) is 2.75. The van der Waals surface area contributed by atoms with E-state index in [1.54, 1.807) is 18.0 Å². The van der Waals surface area contributed by atoms with Crippen LogP contribution in [0.3, 0.4) is 0 Å². The molecular formula is C20H20F2N2OS. The van der Waals surface area contributed by atoms with Gasteiger partial charge in [-0.3, -0.25) is 0 Å². The Labute approximate surface area is 156 Å². The van der Waals surface area contributed by atoms with Gasteiger partial charge in [-0.1, -0.05) is 37.1 Å². The lowest BCUT2D eigenvalue weighted by atomic mass is 10.0. The first-order valence-electron chi connectivity index (χ1n) is 8.33. The van der Waals surface area contributed by atoms with Crippen LogP contribution in [-0.4, -0.2) is 18.8 Å². The fourth-order valence-electron chi connectivity index (χ4n) is 2.61. The minimum absolute atomic E-state index is 0.0102. The van der Waals surface area contributed by atoms with Gasteiger partial charge in [-0.25, -0.2) is 8.78 Å². The lowest BCUT2D eigenvalue weighted by Gasteiger charge is -2.14. The molecule has 0 saturated heterocycles. The molecule has 0 aliphatic heterocycles. The first-order chi connectivity index (χ1) is 12.6. The van der Waals surface area contributed by atoms with Gasteiger partial charge in [0.15, 0.2) is 11.6 Å². The number of rotatable bonds is 7. The summed E-state index contributed by atoms with van der Waals surface area (Å²) in [6, 6.07) is 9.06. The maximum Gasteiger partial charge on any atom is 0.168 e. The third-order valence-corrected chi connectivity index (χ3v) is 4.58. The molecule has 2 aromatic rings. The summed E-state index contributed by atoms with van der Waals surface area (Å²) in [6.45, 7) is 2.06. The predicted molar refractivity (Wildman–Crippen MR) is 105 cm³/mol. The van der Waals surface area contributed by atoms with Crippen LogP contribution in [0.1, 0.15) is 12.5 Å². The van der Waals surface area contributed by atoms with E-state index >= 15 is 0 Å². The van der Waals surface area contributed by atoms with E-state index < -0.39 is 11.6 Å². The van der Waals surface area contributed by atoms with Gasteiger partial charge in [-0.2, -0.15) is 0 Å². The van der Waals surface area contributed by atoms with Crippen molar-refractivity contribution in [2.45, 2.75) is 13.0 Å². The molecule has 0 radical (unpaired) electrons. The number of hydrogen-bond donors (Lipinski definition) is 2. The van der Waals surface area contributed by atoms with Gasteiger partial charge in [0.05, 0.1) is 0 Å². The first-order valence-corrected chi connectivity index (χ1v) is 9.31. The molecule has 136 valence electrons. The molecule has 0 aromatic heterocycles. The van der Waals surface area contributed by atoms with Crippen LogP contribution >= 0.6 is 11.9 Å². The van der Waals surface area contributed by atoms with Gasteiger partial charge >= 0.3 is 0 Å². The summed E-state index contributed by atoms with van der Waals surface area (Å²) < 4.78 is 36.1. The van der Waals surface area contributed by atoms with Crippen molar-refractivity contribution in [3.8, 4) is 11.5 Å². The van der Waals surface area contributed by atoms with Gasteiger partial charge in [-0.05, 0) is 43.0 Å². The van der Waals surface area contributed by atoms with Crippen molar-refractivity contribution in [3.63, 3.8) is 0 Å². The van der Waals surface area contributed by atoms with Crippen LogP contribution in [-0.2, 0) is 0 Å². The highest BCUT2D eigenvalue weighted by molar-refractivity contribution is 8.00. The monoisotopic (exact) mass is 374 g/mol. The van der Waals surface area contributed by atoms with Crippen LogP contribution < -0.4 is 14.8 Å². The standard InChI is InChI=1S/C20H20F2N2OS/c1-3-26-24-16-7-9-19(25-20-8-5-14(21)11-18(20)22)17(12-16)13-4-6-15(10-13)23-2/h4-12,15,23-24H,3H2,1-2H3. The average molecular weight is 374 g/mol. The number of nitrogens with one attached hydrogen (secondary N) is 2. The smallest absolute Gasteiger partial charge is 0.168 e. The number of likely N-dealkylation sites (N-methyl/N-ethyl adjacent to an activating group) is 1. The Hall–Kier alpha value is -2.31. The molecule has 3 nitrogen and oxygen atoms in total. The maximum atomic E-state index is 14.0. The van der Waals surface area contributed by atoms with Crippen molar-refractivity contribution >= 4 is 23.2 Å². The predicted octanol–water partition coefficient (Wildman–Crippen LogP) is 5.38. The van der Waals surface area contributed by atoms with Crippen LogP contribution in [0, 0.1) is 11.6 Å². The second-order valence-electron chi connectivity index (χ2n) is 5.72. The third kappa shape index (κ3) is 4.26. The summed E-state index contributed by atoms with van der Waals surface area (Å²) in [5.74, 6) is 0.0613. The molecule has 3 rings (SSSR count). The van der Waals surface area contributed by atoms with E-state index in [0.29, 0.717) is 5.75 Å². The highest BCUT2D eigenvalue weighted by Gasteiger charge is 2.16. The number of anilines is 1. The number of allylic oxidation sites excluding steroid dienone is 2. The lowest BCUT2D eigenvalue weighted by molar-refractivity contribution is 0.437. The van der Waals surface area contributed by atoms with Crippen molar-refractivity contribution < 1.29 is 13.5 Å². The summed E-state index contributed by atoms with van der Waals surface area (Å²) in [7, 11) is 1.88. The second kappa shape index (κ2) is 8.38. The van der Waals surface area contributed by atoms with E-state index in [0.717, 1.165) is 28.6 Å². The summed E-state index contributed by atoms with van der Waals surface area (Å²) >= 11 is 1.59. The van der Waals surface area contributed by atoms with Crippen LogP contribution in [0.4, 0.5) is 14.5 Å². The minimum atomic E-state index is -0.733. The Kier molecular flexibility index (Phi) is 5.96. The SMILES string of the molecule is CCSNc1ccc(Oc2ccc(F)cc2F)c(C2=CC(NC)C=C2)c1. The molecular weight excluding hydrogens is 354 g/mol. The summed E-state index contributed by atoms with van der Waals surface area (Å²) in [6.07, 6.45) is 6.11. The lowest BCUT2D eigenvalue weighted by Crippen LogP contribution is -2.17. The number of hydrogen-bond acceptors (Lipinski definition) is 4. The van der Waals surface area contributed by atoms with Gasteiger partial charge in [0.1, 0.15) is 11.6 Å². The van der Waals surface area contributed by atoms with E-state index in [2.05, 4.69) is 23.0 Å². The van der Waals surface area contributed by atoms with Crippen LogP contribution in [0.15, 0.2) is 54.6 Å². The molecule has 1 aliphatic rings. The Morgan fingerprint density at radius 1 is 1.12 bits per heavy atom. The molecule has 2 N–H and O–H groups in total. The van der Waals surface area contributed by atoms with E-state index in [4.69, 9.17) is 4.74 Å². The Balaban J connectivity index is 1.96. The number of ether oxygens (including phenoxy) is 1. The van der Waals surface area contributed by atoms with E-state index in [1.807, 2.05) is 31.3 Å². The van der Waals surface area contributed by atoms with Gasteiger partial charge in [0.2, 0.25) is 0 Å². The van der Waals surface area contributed by atoms with Crippen LogP contribution in [0.2, 0.25) is 0 Å². The zero-order valence-corrected chi connectivity index (χ0v) is 15.4. The van der Waals surface area contributed by atoms with Crippen molar-refractivity contribution in [1.82, 2.24) is 5.32 Å². The molecule has 1 unspecified atom stereocenters. The quantitative estimate of drug-likeness (QED) is 0.638. The molecule has 2 aromatic carbocycles. The number of benzene rings is 2. The second-order valence-corrected chi connectivity index (χ2v) is 6.79. The zero-order valence-electron chi connectivity index (χ0n) is 14.6. The van der Waals surface area contributed by atoms with E-state index in [9.17, 15) is 8.78 Å². The molecule has 1 aliphatic carbocycles. The minimum Gasteiger partial charge on any atom is -0.454 e. The third-order valence-electron chi connectivity index (χ3n) is 3.91. The highest BCUT2D eigenvalue weighted by Crippen LogP contribution is 2.36. The average Bonchev–Trinajstić information content (AvgIpc) is 3.12. The topological polar surface area (TPSA) is 33.3 Å². The van der Waals surface area contributed by atoms with Crippen molar-refractivity contribution in [2.24, 2.45) is 0 Å². The molecule has 0 amide bonds.